The van der Waals surface area contributed by atoms with Crippen LogP contribution in [0.1, 0.15) is 31.7 Å². The van der Waals surface area contributed by atoms with Gasteiger partial charge in [0.15, 0.2) is 0 Å². The molecule has 0 amide bonds. The van der Waals surface area contributed by atoms with Crippen LogP contribution in [-0.2, 0) is 6.42 Å². The fraction of sp³-hybridized carbons (Fsp3) is 0.625. The van der Waals surface area contributed by atoms with Gasteiger partial charge in [0.05, 0.1) is 0 Å². The van der Waals surface area contributed by atoms with Crippen molar-refractivity contribution in [2.75, 3.05) is 20.6 Å². The second kappa shape index (κ2) is 5.85. The molecule has 0 radical (unpaired) electrons. The van der Waals surface area contributed by atoms with Crippen LogP contribution in [0.2, 0.25) is 0 Å². The van der Waals surface area contributed by atoms with E-state index in [9.17, 15) is 0 Å². The first kappa shape index (κ1) is 13.6. The van der Waals surface area contributed by atoms with Crippen LogP contribution in [0.25, 0.3) is 0 Å². The second-order valence-electron chi connectivity index (χ2n) is 5.94. The zero-order chi connectivity index (χ0) is 13.0. The highest BCUT2D eigenvalue weighted by Gasteiger charge is 2.38. The smallest absolute Gasteiger partial charge is 0.0328 e. The third-order valence-corrected chi connectivity index (χ3v) is 4.40. The molecule has 1 atom stereocenters. The van der Waals surface area contributed by atoms with E-state index in [1.54, 1.807) is 0 Å². The topological polar surface area (TPSA) is 15.3 Å². The summed E-state index contributed by atoms with van der Waals surface area (Å²) in [6, 6.07) is 11.3. The number of hydrogen-bond donors (Lipinski definition) is 1. The van der Waals surface area contributed by atoms with Crippen molar-refractivity contribution in [3.8, 4) is 0 Å². The van der Waals surface area contributed by atoms with Crippen molar-refractivity contribution in [3.05, 3.63) is 35.9 Å². The minimum atomic E-state index is 0.422. The van der Waals surface area contributed by atoms with Crippen molar-refractivity contribution in [1.82, 2.24) is 10.2 Å². The minimum Gasteiger partial charge on any atom is -0.312 e. The van der Waals surface area contributed by atoms with E-state index in [1.807, 2.05) is 0 Å². The Morgan fingerprint density at radius 2 is 1.89 bits per heavy atom. The Hall–Kier alpha value is -0.860. The Morgan fingerprint density at radius 3 is 2.39 bits per heavy atom. The molecule has 2 rings (SSSR count). The van der Waals surface area contributed by atoms with Crippen LogP contribution < -0.4 is 5.32 Å². The van der Waals surface area contributed by atoms with Gasteiger partial charge in [-0.3, -0.25) is 0 Å². The van der Waals surface area contributed by atoms with Gasteiger partial charge in [-0.05, 0) is 52.3 Å². The molecule has 0 spiro atoms. The highest BCUT2D eigenvalue weighted by Crippen LogP contribution is 2.35. The predicted octanol–water partition coefficient (Wildman–Crippen LogP) is 2.69. The Kier molecular flexibility index (Phi) is 4.41. The maximum absolute atomic E-state index is 3.71. The number of rotatable bonds is 6. The average molecular weight is 246 g/mol. The van der Waals surface area contributed by atoms with Crippen molar-refractivity contribution >= 4 is 0 Å². The van der Waals surface area contributed by atoms with Gasteiger partial charge in [0.2, 0.25) is 0 Å². The summed E-state index contributed by atoms with van der Waals surface area (Å²) in [6.07, 6.45) is 5.17. The van der Waals surface area contributed by atoms with Gasteiger partial charge in [-0.25, -0.2) is 0 Å². The van der Waals surface area contributed by atoms with Crippen LogP contribution in [-0.4, -0.2) is 37.1 Å². The third kappa shape index (κ3) is 3.12. The molecule has 0 saturated heterocycles. The Labute approximate surface area is 111 Å². The summed E-state index contributed by atoms with van der Waals surface area (Å²) in [5, 5.41) is 3.71. The molecule has 2 nitrogen and oxygen atoms in total. The number of hydrogen-bond acceptors (Lipinski definition) is 2. The van der Waals surface area contributed by atoms with Gasteiger partial charge in [-0.1, -0.05) is 30.3 Å². The van der Waals surface area contributed by atoms with Crippen LogP contribution in [0.5, 0.6) is 0 Å². The normalized spacial score (nSPS) is 19.6. The lowest BCUT2D eigenvalue weighted by Crippen LogP contribution is -2.57. The van der Waals surface area contributed by atoms with Gasteiger partial charge in [0.25, 0.3) is 0 Å². The molecule has 1 N–H and O–H groups in total. The molecule has 1 saturated carbocycles. The summed E-state index contributed by atoms with van der Waals surface area (Å²) in [4.78, 5) is 2.40. The summed E-state index contributed by atoms with van der Waals surface area (Å²) in [7, 11) is 4.42. The molecule has 1 aliphatic rings. The van der Waals surface area contributed by atoms with Crippen LogP contribution in [0.4, 0.5) is 0 Å². The van der Waals surface area contributed by atoms with E-state index in [1.165, 1.54) is 24.8 Å². The quantitative estimate of drug-likeness (QED) is 0.830. The maximum atomic E-state index is 3.71. The lowest BCUT2D eigenvalue weighted by Gasteiger charge is -2.48. The Morgan fingerprint density at radius 1 is 1.22 bits per heavy atom. The van der Waals surface area contributed by atoms with E-state index in [4.69, 9.17) is 0 Å². The minimum absolute atomic E-state index is 0.422. The van der Waals surface area contributed by atoms with Crippen molar-refractivity contribution in [2.24, 2.45) is 0 Å². The fourth-order valence-corrected chi connectivity index (χ4v) is 2.77. The van der Waals surface area contributed by atoms with E-state index in [0.717, 1.165) is 13.0 Å². The van der Waals surface area contributed by atoms with E-state index in [2.05, 4.69) is 61.6 Å². The first-order valence-corrected chi connectivity index (χ1v) is 7.07. The van der Waals surface area contributed by atoms with Crippen LogP contribution in [0.3, 0.4) is 0 Å². The van der Waals surface area contributed by atoms with Crippen molar-refractivity contribution < 1.29 is 0 Å². The maximum Gasteiger partial charge on any atom is 0.0328 e. The highest BCUT2D eigenvalue weighted by molar-refractivity contribution is 5.15. The SMILES string of the molecule is CC(Cc1ccccc1)NCC1(N(C)C)CCC1. The van der Waals surface area contributed by atoms with Crippen molar-refractivity contribution in [1.29, 1.82) is 0 Å². The third-order valence-electron chi connectivity index (χ3n) is 4.40. The number of nitrogens with one attached hydrogen (secondary N) is 1. The van der Waals surface area contributed by atoms with Gasteiger partial charge in [-0.15, -0.1) is 0 Å². The first-order chi connectivity index (χ1) is 8.62. The molecule has 18 heavy (non-hydrogen) atoms. The number of benzene rings is 1. The Balaban J connectivity index is 1.80. The zero-order valence-corrected chi connectivity index (χ0v) is 11.9. The molecular weight excluding hydrogens is 220 g/mol. The van der Waals surface area contributed by atoms with E-state index in [-0.39, 0.29) is 0 Å². The van der Waals surface area contributed by atoms with E-state index < -0.39 is 0 Å². The summed E-state index contributed by atoms with van der Waals surface area (Å²) < 4.78 is 0. The van der Waals surface area contributed by atoms with Crippen molar-refractivity contribution in [3.63, 3.8) is 0 Å². The summed E-state index contributed by atoms with van der Waals surface area (Å²) in [5.74, 6) is 0. The molecule has 0 aliphatic heterocycles. The monoisotopic (exact) mass is 246 g/mol. The van der Waals surface area contributed by atoms with Crippen LogP contribution >= 0.6 is 0 Å². The predicted molar refractivity (Wildman–Crippen MR) is 77.9 cm³/mol. The fourth-order valence-electron chi connectivity index (χ4n) is 2.77. The lowest BCUT2D eigenvalue weighted by molar-refractivity contribution is 0.0577. The molecule has 0 aromatic heterocycles. The lowest BCUT2D eigenvalue weighted by atomic mass is 9.75. The van der Waals surface area contributed by atoms with Crippen LogP contribution in [0, 0.1) is 0 Å². The molecule has 1 aromatic rings. The largest absolute Gasteiger partial charge is 0.312 e. The number of likely N-dealkylation sites (N-methyl/N-ethyl adjacent to an activating group) is 1. The Bertz CT molecular complexity index is 355. The molecule has 0 bridgehead atoms. The molecule has 2 heteroatoms. The highest BCUT2D eigenvalue weighted by atomic mass is 15.2. The molecule has 1 aromatic carbocycles. The molecule has 0 heterocycles. The van der Waals surface area contributed by atoms with Crippen LogP contribution in [0.15, 0.2) is 30.3 Å². The first-order valence-electron chi connectivity index (χ1n) is 7.07. The zero-order valence-electron chi connectivity index (χ0n) is 11.9. The number of nitrogens with zero attached hydrogens (tertiary/aromatic N) is 1. The average Bonchev–Trinajstić information content (AvgIpc) is 2.28. The van der Waals surface area contributed by atoms with E-state index in [0.29, 0.717) is 11.6 Å². The molecule has 1 fully saturated rings. The summed E-state index contributed by atoms with van der Waals surface area (Å²) >= 11 is 0. The van der Waals surface area contributed by atoms with Crippen molar-refractivity contribution in [2.45, 2.75) is 44.2 Å². The second-order valence-corrected chi connectivity index (χ2v) is 5.94. The molecule has 1 aliphatic carbocycles. The van der Waals surface area contributed by atoms with Gasteiger partial charge in [0.1, 0.15) is 0 Å². The summed E-state index contributed by atoms with van der Waals surface area (Å²) in [5.41, 5.74) is 1.84. The molecular formula is C16H26N2. The van der Waals surface area contributed by atoms with Gasteiger partial charge >= 0.3 is 0 Å². The van der Waals surface area contributed by atoms with Gasteiger partial charge < -0.3 is 10.2 Å². The van der Waals surface area contributed by atoms with E-state index >= 15 is 0 Å². The summed E-state index contributed by atoms with van der Waals surface area (Å²) in [6.45, 7) is 3.41. The van der Waals surface area contributed by atoms with Gasteiger partial charge in [-0.2, -0.15) is 0 Å². The molecule has 100 valence electrons. The molecule has 1 unspecified atom stereocenters. The standard InChI is InChI=1S/C16H26N2/c1-14(12-15-8-5-4-6-9-15)17-13-16(18(2)3)10-7-11-16/h4-6,8-9,14,17H,7,10-13H2,1-3H3. The van der Waals surface area contributed by atoms with Gasteiger partial charge in [0, 0.05) is 18.1 Å².